The molecule has 0 aliphatic heterocycles. The minimum atomic E-state index is -0.200. The van der Waals surface area contributed by atoms with Gasteiger partial charge in [0.05, 0.1) is 23.1 Å². The van der Waals surface area contributed by atoms with Gasteiger partial charge in [-0.05, 0) is 42.0 Å². The van der Waals surface area contributed by atoms with Crippen LogP contribution in [0.5, 0.6) is 0 Å². The van der Waals surface area contributed by atoms with E-state index in [1.807, 2.05) is 72.8 Å². The maximum atomic E-state index is 13.3. The van der Waals surface area contributed by atoms with Gasteiger partial charge in [0.25, 0.3) is 5.56 Å². The van der Waals surface area contributed by atoms with Gasteiger partial charge in [-0.1, -0.05) is 75.4 Å². The van der Waals surface area contributed by atoms with Crippen molar-refractivity contribution in [1.29, 1.82) is 0 Å². The zero-order valence-corrected chi connectivity index (χ0v) is 21.4. The number of thioether (sulfide) groups is 1. The number of aromatic nitrogens is 5. The number of nitrogens with one attached hydrogen (secondary N) is 1. The summed E-state index contributed by atoms with van der Waals surface area (Å²) >= 11 is 4.79. The summed E-state index contributed by atoms with van der Waals surface area (Å²) in [6.07, 6.45) is 1.73. The van der Waals surface area contributed by atoms with Crippen molar-refractivity contribution in [1.82, 2.24) is 24.5 Å². The number of hydrogen-bond donors (Lipinski definition) is 1. The largest absolute Gasteiger partial charge is 0.324 e. The number of carbonyl (C=O) groups is 1. The van der Waals surface area contributed by atoms with E-state index in [-0.39, 0.29) is 18.0 Å². The van der Waals surface area contributed by atoms with Gasteiger partial charge in [-0.15, -0.1) is 5.10 Å². The fourth-order valence-corrected chi connectivity index (χ4v) is 4.80. The minimum Gasteiger partial charge on any atom is -0.324 e. The molecule has 5 rings (SSSR count). The molecule has 0 fully saturated rings. The predicted molar refractivity (Wildman–Crippen MR) is 144 cm³/mol. The van der Waals surface area contributed by atoms with E-state index in [0.29, 0.717) is 39.7 Å². The second kappa shape index (κ2) is 10.9. The third kappa shape index (κ3) is 5.72. The number of hydrogen-bond acceptors (Lipinski definition) is 6. The van der Waals surface area contributed by atoms with Gasteiger partial charge in [0.2, 0.25) is 5.91 Å². The Balaban J connectivity index is 1.31. The Hall–Kier alpha value is -3.76. The first kappa shape index (κ1) is 24.0. The van der Waals surface area contributed by atoms with Gasteiger partial charge in [-0.3, -0.25) is 14.2 Å². The summed E-state index contributed by atoms with van der Waals surface area (Å²) < 4.78 is 4.13. The number of amides is 1. The molecular formula is C26H21BrN6O2S. The summed E-state index contributed by atoms with van der Waals surface area (Å²) in [6.45, 7) is 0.462. The molecule has 10 heteroatoms. The van der Waals surface area contributed by atoms with Gasteiger partial charge in [0.15, 0.2) is 5.16 Å². The Morgan fingerprint density at radius 3 is 2.53 bits per heavy atom. The van der Waals surface area contributed by atoms with Gasteiger partial charge >= 0.3 is 0 Å². The van der Waals surface area contributed by atoms with Crippen LogP contribution in [0.4, 0.5) is 5.69 Å². The van der Waals surface area contributed by atoms with Crippen molar-refractivity contribution in [3.63, 3.8) is 0 Å². The number of halogens is 1. The highest BCUT2D eigenvalue weighted by Crippen LogP contribution is 2.22. The Morgan fingerprint density at radius 1 is 0.972 bits per heavy atom. The number of para-hydroxylation sites is 1. The lowest BCUT2D eigenvalue weighted by Gasteiger charge is -2.13. The van der Waals surface area contributed by atoms with Crippen LogP contribution in [0.1, 0.15) is 11.3 Å². The first-order chi connectivity index (χ1) is 17.5. The molecule has 1 amide bonds. The van der Waals surface area contributed by atoms with E-state index >= 15 is 0 Å². The molecule has 0 atom stereocenters. The highest BCUT2D eigenvalue weighted by atomic mass is 79.9. The van der Waals surface area contributed by atoms with Gasteiger partial charge in [0, 0.05) is 22.1 Å². The van der Waals surface area contributed by atoms with Crippen LogP contribution < -0.4 is 10.9 Å². The van der Waals surface area contributed by atoms with Crippen LogP contribution in [-0.4, -0.2) is 30.5 Å². The van der Waals surface area contributed by atoms with Crippen LogP contribution in [0.2, 0.25) is 0 Å². The average molecular weight is 561 g/mol. The number of anilines is 1. The number of benzene rings is 3. The summed E-state index contributed by atoms with van der Waals surface area (Å²) in [7, 11) is 0. The van der Waals surface area contributed by atoms with Gasteiger partial charge in [-0.2, -0.15) is 0 Å². The third-order valence-corrected chi connectivity index (χ3v) is 6.92. The molecule has 0 saturated carbocycles. The van der Waals surface area contributed by atoms with Crippen LogP contribution >= 0.6 is 27.7 Å². The van der Waals surface area contributed by atoms with E-state index in [0.717, 1.165) is 10.0 Å². The fourth-order valence-electron chi connectivity index (χ4n) is 3.66. The molecule has 2 heterocycles. The summed E-state index contributed by atoms with van der Waals surface area (Å²) in [5.41, 5.74) is 2.98. The van der Waals surface area contributed by atoms with E-state index in [1.165, 1.54) is 16.4 Å². The lowest BCUT2D eigenvalue weighted by atomic mass is 10.2. The Labute approximate surface area is 219 Å². The first-order valence-electron chi connectivity index (χ1n) is 11.2. The van der Waals surface area contributed by atoms with Crippen molar-refractivity contribution < 1.29 is 4.79 Å². The topological polar surface area (TPSA) is 94.7 Å². The molecular weight excluding hydrogens is 540 g/mol. The van der Waals surface area contributed by atoms with E-state index in [9.17, 15) is 9.59 Å². The third-order valence-electron chi connectivity index (χ3n) is 5.38. The van der Waals surface area contributed by atoms with E-state index < -0.39 is 0 Å². The molecule has 0 aliphatic carbocycles. The summed E-state index contributed by atoms with van der Waals surface area (Å²) in [5.74, 6) is 0.253. The Kier molecular flexibility index (Phi) is 7.24. The maximum absolute atomic E-state index is 13.3. The molecule has 3 aromatic carbocycles. The zero-order valence-electron chi connectivity index (χ0n) is 19.0. The maximum Gasteiger partial charge on any atom is 0.262 e. The van der Waals surface area contributed by atoms with Crippen LogP contribution in [-0.2, 0) is 23.6 Å². The second-order valence-corrected chi connectivity index (χ2v) is 9.90. The summed E-state index contributed by atoms with van der Waals surface area (Å²) in [4.78, 5) is 30.4. The second-order valence-electron chi connectivity index (χ2n) is 8.04. The van der Waals surface area contributed by atoms with Gasteiger partial charge in [0.1, 0.15) is 6.54 Å². The molecule has 0 saturated heterocycles. The first-order valence-corrected chi connectivity index (χ1v) is 12.9. The number of rotatable bonds is 8. The molecule has 0 radical (unpaired) electrons. The summed E-state index contributed by atoms with van der Waals surface area (Å²) in [5, 5.41) is 12.3. The molecule has 0 spiro atoms. The van der Waals surface area contributed by atoms with Crippen molar-refractivity contribution in [2.75, 3.05) is 5.32 Å². The molecule has 5 aromatic rings. The molecule has 1 N–H and O–H groups in total. The Bertz CT molecular complexity index is 1570. The van der Waals surface area contributed by atoms with Crippen LogP contribution in [0, 0.1) is 0 Å². The van der Waals surface area contributed by atoms with Crippen LogP contribution in [0.3, 0.4) is 0 Å². The van der Waals surface area contributed by atoms with Crippen molar-refractivity contribution >= 4 is 50.2 Å². The molecule has 8 nitrogen and oxygen atoms in total. The molecule has 36 heavy (non-hydrogen) atoms. The van der Waals surface area contributed by atoms with Gasteiger partial charge < -0.3 is 5.32 Å². The standard InChI is InChI=1S/C26H21BrN6O2S/c27-19-10-12-20(13-11-19)28-24(34)16-32-15-21(30-31-32)17-36-26-29-23-9-5-4-8-22(23)25(35)33(26)14-18-6-2-1-3-7-18/h1-13,15H,14,16-17H2,(H,28,34). The van der Waals surface area contributed by atoms with Crippen molar-refractivity contribution in [3.8, 4) is 0 Å². The lowest BCUT2D eigenvalue weighted by molar-refractivity contribution is -0.116. The number of fused-ring (bicyclic) bond motifs is 1. The fraction of sp³-hybridized carbons (Fsp3) is 0.115. The normalized spacial score (nSPS) is 11.0. The highest BCUT2D eigenvalue weighted by molar-refractivity contribution is 9.10. The van der Waals surface area contributed by atoms with E-state index in [1.54, 1.807) is 16.8 Å². The molecule has 2 aromatic heterocycles. The van der Waals surface area contributed by atoms with Crippen molar-refractivity contribution in [3.05, 3.63) is 111 Å². The predicted octanol–water partition coefficient (Wildman–Crippen LogP) is 4.73. The SMILES string of the molecule is O=C(Cn1cc(CSc2nc3ccccc3c(=O)n2Cc2ccccc2)nn1)Nc1ccc(Br)cc1. The molecule has 0 aliphatic rings. The highest BCUT2D eigenvalue weighted by Gasteiger charge is 2.14. The Morgan fingerprint density at radius 2 is 1.72 bits per heavy atom. The van der Waals surface area contributed by atoms with Crippen molar-refractivity contribution in [2.45, 2.75) is 24.0 Å². The number of nitrogens with zero attached hydrogens (tertiary/aromatic N) is 5. The van der Waals surface area contributed by atoms with E-state index in [4.69, 9.17) is 4.98 Å². The van der Waals surface area contributed by atoms with Crippen molar-refractivity contribution in [2.24, 2.45) is 0 Å². The molecule has 0 unspecified atom stereocenters. The minimum absolute atomic E-state index is 0.0423. The van der Waals surface area contributed by atoms with Crippen LogP contribution in [0.15, 0.2) is 99.5 Å². The zero-order chi connectivity index (χ0) is 24.9. The van der Waals surface area contributed by atoms with Crippen LogP contribution in [0.25, 0.3) is 10.9 Å². The lowest BCUT2D eigenvalue weighted by Crippen LogP contribution is -2.24. The van der Waals surface area contributed by atoms with E-state index in [2.05, 4.69) is 31.6 Å². The average Bonchev–Trinajstić information content (AvgIpc) is 3.33. The van der Waals surface area contributed by atoms with Gasteiger partial charge in [-0.25, -0.2) is 9.67 Å². The quantitative estimate of drug-likeness (QED) is 0.218. The molecule has 180 valence electrons. The molecule has 0 bridgehead atoms. The smallest absolute Gasteiger partial charge is 0.262 e. The summed E-state index contributed by atoms with van der Waals surface area (Å²) in [6, 6.07) is 24.5. The monoisotopic (exact) mass is 560 g/mol. The number of carbonyl (C=O) groups excluding carboxylic acids is 1.